The van der Waals surface area contributed by atoms with Gasteiger partial charge in [0.25, 0.3) is 0 Å². The van der Waals surface area contributed by atoms with E-state index in [0.717, 1.165) is 13.5 Å². The molecule has 5 N–H and O–H groups in total. The molecule has 1 rings (SSSR count). The molecule has 1 aliphatic heterocycles. The van der Waals surface area contributed by atoms with Crippen LogP contribution in [0.3, 0.4) is 0 Å². The first-order chi connectivity index (χ1) is 10.8. The topological polar surface area (TPSA) is 161 Å². The van der Waals surface area contributed by atoms with Crippen LogP contribution in [-0.4, -0.2) is 82.1 Å². The molecule has 2 amide bonds. The van der Waals surface area contributed by atoms with Crippen LogP contribution in [0.5, 0.6) is 0 Å². The van der Waals surface area contributed by atoms with Gasteiger partial charge in [0, 0.05) is 13.7 Å². The van der Waals surface area contributed by atoms with Gasteiger partial charge in [0.05, 0.1) is 11.9 Å². The van der Waals surface area contributed by atoms with E-state index in [1.165, 1.54) is 0 Å². The van der Waals surface area contributed by atoms with Crippen molar-refractivity contribution in [3.63, 3.8) is 0 Å². The lowest BCUT2D eigenvalue weighted by Gasteiger charge is -2.47. The molecule has 0 radical (unpaired) electrons. The number of hydrogen-bond acceptors (Lipinski definition) is 9. The Morgan fingerprint density at radius 1 is 1.48 bits per heavy atom. The third kappa shape index (κ3) is 4.34. The highest BCUT2D eigenvalue weighted by Crippen LogP contribution is 2.29. The summed E-state index contributed by atoms with van der Waals surface area (Å²) >= 11 is 0. The van der Waals surface area contributed by atoms with Crippen molar-refractivity contribution in [2.45, 2.75) is 50.1 Å². The third-order valence-electron chi connectivity index (χ3n) is 3.48. The van der Waals surface area contributed by atoms with Crippen LogP contribution in [0, 0.1) is 4.91 Å². The van der Waals surface area contributed by atoms with Crippen molar-refractivity contribution < 1.29 is 34.7 Å². The Kier molecular flexibility index (Phi) is 7.25. The second-order valence-corrected chi connectivity index (χ2v) is 5.21. The number of nitrogens with zero attached hydrogens (tertiary/aromatic N) is 2. The monoisotopic (exact) mass is 337 g/mol. The fourth-order valence-electron chi connectivity index (χ4n) is 2.02. The average molecular weight is 337 g/mol. The van der Waals surface area contributed by atoms with Gasteiger partial charge in [-0.15, -0.1) is 4.91 Å². The minimum Gasteiger partial charge on any atom is -0.394 e. The lowest BCUT2D eigenvalue weighted by molar-refractivity contribution is -0.347. The number of nitrogens with one attached hydrogen (secondary N) is 1. The van der Waals surface area contributed by atoms with Gasteiger partial charge in [0.15, 0.2) is 0 Å². The van der Waals surface area contributed by atoms with E-state index >= 15 is 0 Å². The second-order valence-electron chi connectivity index (χ2n) is 5.21. The van der Waals surface area contributed by atoms with Crippen molar-refractivity contribution in [2.75, 3.05) is 20.3 Å². The lowest BCUT2D eigenvalue weighted by atomic mass is 9.93. The van der Waals surface area contributed by atoms with E-state index in [1.54, 1.807) is 0 Å². The van der Waals surface area contributed by atoms with Gasteiger partial charge in [-0.3, -0.25) is 0 Å². The number of urea groups is 1. The Balaban J connectivity index is 2.98. The fraction of sp³-hybridized carbons (Fsp3) is 0.917. The number of rotatable bonds is 7. The van der Waals surface area contributed by atoms with E-state index in [4.69, 9.17) is 14.6 Å². The van der Waals surface area contributed by atoms with Crippen molar-refractivity contribution in [3.8, 4) is 0 Å². The highest BCUT2D eigenvalue weighted by molar-refractivity contribution is 5.74. The first-order valence-corrected chi connectivity index (χ1v) is 7.17. The molecule has 0 aliphatic carbocycles. The summed E-state index contributed by atoms with van der Waals surface area (Å²) in [5.41, 5.74) is -2.53. The van der Waals surface area contributed by atoms with Crippen molar-refractivity contribution in [1.82, 2.24) is 10.3 Å². The standard InChI is InChI=1S/C12H23N3O8/c1-3-4-5-22-10-12(20,13-11(19)15(2)14-21)9(18)8(17)7(6-16)23-10/h7-10,16-18,20H,3-6H2,1-2H3,(H,13,19)/t7-,8-,9+,10-,12+/m1/s1. The maximum absolute atomic E-state index is 11.7. The van der Waals surface area contributed by atoms with Gasteiger partial charge in [0.2, 0.25) is 12.0 Å². The summed E-state index contributed by atoms with van der Waals surface area (Å²) in [5, 5.41) is 44.4. The van der Waals surface area contributed by atoms with Gasteiger partial charge in [-0.2, -0.15) is 5.01 Å². The molecule has 1 saturated heterocycles. The first kappa shape index (κ1) is 19.7. The number of ether oxygens (including phenoxy) is 2. The molecule has 0 aromatic rings. The summed E-state index contributed by atoms with van der Waals surface area (Å²) < 4.78 is 10.5. The Morgan fingerprint density at radius 2 is 2.13 bits per heavy atom. The van der Waals surface area contributed by atoms with E-state index in [1.807, 2.05) is 12.2 Å². The number of amides is 2. The molecule has 0 spiro atoms. The van der Waals surface area contributed by atoms with Crippen molar-refractivity contribution in [1.29, 1.82) is 0 Å². The number of carbonyl (C=O) groups excluding carboxylic acids is 1. The summed E-state index contributed by atoms with van der Waals surface area (Å²) in [4.78, 5) is 22.1. The zero-order valence-electron chi connectivity index (χ0n) is 13.0. The van der Waals surface area contributed by atoms with Crippen LogP contribution in [0.1, 0.15) is 19.8 Å². The largest absolute Gasteiger partial charge is 0.394 e. The van der Waals surface area contributed by atoms with Crippen molar-refractivity contribution in [2.24, 2.45) is 5.29 Å². The molecule has 134 valence electrons. The molecule has 0 bridgehead atoms. The normalized spacial score (nSPS) is 34.0. The van der Waals surface area contributed by atoms with Crippen LogP contribution < -0.4 is 5.32 Å². The number of hydrogen-bond donors (Lipinski definition) is 5. The van der Waals surface area contributed by atoms with Gasteiger partial charge < -0.3 is 35.2 Å². The van der Waals surface area contributed by atoms with E-state index in [0.29, 0.717) is 11.4 Å². The molecule has 0 unspecified atom stereocenters. The van der Waals surface area contributed by atoms with E-state index in [-0.39, 0.29) is 6.61 Å². The van der Waals surface area contributed by atoms with Crippen LogP contribution >= 0.6 is 0 Å². The summed E-state index contributed by atoms with van der Waals surface area (Å²) in [6, 6.07) is -1.14. The zero-order valence-corrected chi connectivity index (χ0v) is 13.0. The highest BCUT2D eigenvalue weighted by Gasteiger charge is 2.56. The Labute approximate surface area is 132 Å². The Hall–Kier alpha value is -1.37. The predicted octanol–water partition coefficient (Wildman–Crippen LogP) is -1.75. The zero-order chi connectivity index (χ0) is 17.6. The number of aliphatic hydroxyl groups is 4. The van der Waals surface area contributed by atoms with Gasteiger partial charge in [-0.1, -0.05) is 13.3 Å². The van der Waals surface area contributed by atoms with Gasteiger partial charge in [-0.05, 0) is 6.42 Å². The van der Waals surface area contributed by atoms with E-state index in [9.17, 15) is 25.0 Å². The predicted molar refractivity (Wildman–Crippen MR) is 75.7 cm³/mol. The molecular formula is C12H23N3O8. The summed E-state index contributed by atoms with van der Waals surface area (Å²) in [6.07, 6.45) is -4.99. The highest BCUT2D eigenvalue weighted by atomic mass is 16.7. The lowest BCUT2D eigenvalue weighted by Crippen LogP contribution is -2.74. The summed E-state index contributed by atoms with van der Waals surface area (Å²) in [7, 11) is 1.03. The molecule has 1 fully saturated rings. The smallest absolute Gasteiger partial charge is 0.342 e. The maximum atomic E-state index is 11.7. The number of nitroso groups, excluding NO2 is 1. The molecule has 1 heterocycles. The van der Waals surface area contributed by atoms with Gasteiger partial charge in [-0.25, -0.2) is 4.79 Å². The molecular weight excluding hydrogens is 314 g/mol. The minimum atomic E-state index is -2.53. The summed E-state index contributed by atoms with van der Waals surface area (Å²) in [5.74, 6) is 0. The van der Waals surface area contributed by atoms with Crippen LogP contribution in [0.2, 0.25) is 0 Å². The van der Waals surface area contributed by atoms with Crippen molar-refractivity contribution in [3.05, 3.63) is 4.91 Å². The van der Waals surface area contributed by atoms with E-state index < -0.39 is 43.0 Å². The molecule has 0 aromatic carbocycles. The second kappa shape index (κ2) is 8.47. The van der Waals surface area contributed by atoms with Crippen LogP contribution in [0.15, 0.2) is 5.29 Å². The maximum Gasteiger partial charge on any atom is 0.342 e. The number of unbranched alkanes of at least 4 members (excludes halogenated alkanes) is 1. The number of carbonyl (C=O) groups is 1. The first-order valence-electron chi connectivity index (χ1n) is 7.17. The minimum absolute atomic E-state index is 0.141. The van der Waals surface area contributed by atoms with Crippen molar-refractivity contribution >= 4 is 6.03 Å². The molecule has 0 aromatic heterocycles. The Morgan fingerprint density at radius 3 is 2.65 bits per heavy atom. The van der Waals surface area contributed by atoms with Gasteiger partial charge >= 0.3 is 6.03 Å². The van der Waals surface area contributed by atoms with Crippen LogP contribution in [0.4, 0.5) is 4.79 Å². The molecule has 11 nitrogen and oxygen atoms in total. The quantitative estimate of drug-likeness (QED) is 0.158. The van der Waals surface area contributed by atoms with Gasteiger partial charge in [0.1, 0.15) is 18.3 Å². The fourth-order valence-corrected chi connectivity index (χ4v) is 2.02. The molecule has 5 atom stereocenters. The number of aliphatic hydroxyl groups excluding tert-OH is 3. The molecule has 23 heavy (non-hydrogen) atoms. The summed E-state index contributed by atoms with van der Waals surface area (Å²) in [6.45, 7) is 1.41. The van der Waals surface area contributed by atoms with E-state index in [2.05, 4.69) is 5.29 Å². The van der Waals surface area contributed by atoms with Crippen LogP contribution in [0.25, 0.3) is 0 Å². The molecule has 11 heteroatoms. The average Bonchev–Trinajstić information content (AvgIpc) is 2.54. The molecule has 0 saturated carbocycles. The Bertz CT molecular complexity index is 412. The molecule has 1 aliphatic rings. The van der Waals surface area contributed by atoms with Crippen LogP contribution in [-0.2, 0) is 9.47 Å². The third-order valence-corrected chi connectivity index (χ3v) is 3.48. The SMILES string of the molecule is CCCCO[C@@H]1O[C@H](CO)[C@@H](O)[C@H](O)[C@@]1(O)NC(=O)N(C)N=O.